The molecular formula is C9H14N4O2. The zero-order valence-electron chi connectivity index (χ0n) is 8.67. The number of hydrogen-bond acceptors (Lipinski definition) is 3. The van der Waals surface area contributed by atoms with Crippen LogP contribution in [-0.2, 0) is 4.74 Å². The fourth-order valence-corrected chi connectivity index (χ4v) is 1.54. The number of ether oxygens (including phenoxy) is 1. The van der Waals surface area contributed by atoms with E-state index in [0.717, 1.165) is 0 Å². The summed E-state index contributed by atoms with van der Waals surface area (Å²) >= 11 is 0. The number of carbonyl (C=O) groups excluding carboxylic acids is 1. The molecule has 6 nitrogen and oxygen atoms in total. The number of amides is 1. The number of carbonyl (C=O) groups is 1. The molecule has 1 rings (SSSR count). The second-order valence-electron chi connectivity index (χ2n) is 3.52. The number of azide groups is 1. The second-order valence-corrected chi connectivity index (χ2v) is 3.52. The maximum Gasteiger partial charge on any atom is 0.410 e. The lowest BCUT2D eigenvalue weighted by molar-refractivity contribution is 0.120. The quantitative estimate of drug-likeness (QED) is 0.309. The van der Waals surface area contributed by atoms with E-state index in [2.05, 4.69) is 16.6 Å². The molecule has 15 heavy (non-hydrogen) atoms. The van der Waals surface area contributed by atoms with E-state index in [9.17, 15) is 4.79 Å². The van der Waals surface area contributed by atoms with Crippen molar-refractivity contribution in [3.63, 3.8) is 0 Å². The molecule has 0 bridgehead atoms. The fourth-order valence-electron chi connectivity index (χ4n) is 1.54. The van der Waals surface area contributed by atoms with E-state index >= 15 is 0 Å². The molecule has 0 spiro atoms. The van der Waals surface area contributed by atoms with Crippen LogP contribution in [0, 0.1) is 5.92 Å². The molecule has 0 aromatic carbocycles. The normalized spacial score (nSPS) is 24.5. The Balaban J connectivity index is 2.49. The molecule has 0 aromatic heterocycles. The molecule has 82 valence electrons. The van der Waals surface area contributed by atoms with Gasteiger partial charge in [0, 0.05) is 18.0 Å². The zero-order valence-corrected chi connectivity index (χ0v) is 8.67. The van der Waals surface area contributed by atoms with E-state index < -0.39 is 0 Å². The van der Waals surface area contributed by atoms with Crippen molar-refractivity contribution in [2.45, 2.75) is 13.0 Å². The van der Waals surface area contributed by atoms with Crippen LogP contribution in [0.15, 0.2) is 17.8 Å². The van der Waals surface area contributed by atoms with Crippen molar-refractivity contribution in [2.75, 3.05) is 19.7 Å². The molecule has 0 saturated carbocycles. The van der Waals surface area contributed by atoms with Gasteiger partial charge >= 0.3 is 6.09 Å². The highest BCUT2D eigenvalue weighted by Gasteiger charge is 2.32. The summed E-state index contributed by atoms with van der Waals surface area (Å²) in [6.45, 7) is 6.61. The summed E-state index contributed by atoms with van der Waals surface area (Å²) in [6, 6.07) is -0.147. The van der Waals surface area contributed by atoms with E-state index in [1.807, 2.05) is 6.92 Å². The van der Waals surface area contributed by atoms with Gasteiger partial charge in [-0.3, -0.25) is 0 Å². The summed E-state index contributed by atoms with van der Waals surface area (Å²) in [6.07, 6.45) is 1.14. The van der Waals surface area contributed by atoms with E-state index in [1.54, 1.807) is 4.90 Å². The van der Waals surface area contributed by atoms with Gasteiger partial charge in [-0.15, -0.1) is 0 Å². The summed E-state index contributed by atoms with van der Waals surface area (Å²) in [5, 5.41) is 3.63. The second kappa shape index (κ2) is 5.26. The molecule has 0 radical (unpaired) electrons. The number of nitrogens with zero attached hydrogens (tertiary/aromatic N) is 4. The first-order valence-corrected chi connectivity index (χ1v) is 4.75. The van der Waals surface area contributed by atoms with Crippen LogP contribution in [0.3, 0.4) is 0 Å². The maximum absolute atomic E-state index is 11.4. The average molecular weight is 210 g/mol. The van der Waals surface area contributed by atoms with Crippen LogP contribution in [0.2, 0.25) is 0 Å². The first kappa shape index (κ1) is 11.4. The van der Waals surface area contributed by atoms with Crippen molar-refractivity contribution in [3.05, 3.63) is 23.1 Å². The molecule has 6 heteroatoms. The lowest BCUT2D eigenvalue weighted by atomic mass is 10.1. The van der Waals surface area contributed by atoms with Gasteiger partial charge in [-0.2, -0.15) is 0 Å². The lowest BCUT2D eigenvalue weighted by Gasteiger charge is -2.14. The Bertz CT molecular complexity index is 298. The first-order chi connectivity index (χ1) is 7.19. The molecule has 0 aromatic rings. The van der Waals surface area contributed by atoms with Gasteiger partial charge in [-0.05, 0) is 11.4 Å². The molecule has 0 aliphatic carbocycles. The zero-order chi connectivity index (χ0) is 11.3. The summed E-state index contributed by atoms with van der Waals surface area (Å²) in [5.41, 5.74) is 8.32. The van der Waals surface area contributed by atoms with Crippen LogP contribution < -0.4 is 0 Å². The van der Waals surface area contributed by atoms with Crippen molar-refractivity contribution in [1.29, 1.82) is 0 Å². The van der Waals surface area contributed by atoms with Crippen LogP contribution in [0.4, 0.5) is 4.79 Å². The summed E-state index contributed by atoms with van der Waals surface area (Å²) < 4.78 is 4.88. The van der Waals surface area contributed by atoms with Gasteiger partial charge in [0.2, 0.25) is 0 Å². The van der Waals surface area contributed by atoms with E-state index in [-0.39, 0.29) is 24.7 Å². The molecule has 0 N–H and O–H groups in total. The molecule has 1 aliphatic heterocycles. The lowest BCUT2D eigenvalue weighted by Crippen LogP contribution is -2.30. The molecule has 1 heterocycles. The van der Waals surface area contributed by atoms with E-state index in [0.29, 0.717) is 13.1 Å². The number of likely N-dealkylation sites (tertiary alicyclic amines) is 1. The number of rotatable bonds is 3. The van der Waals surface area contributed by atoms with E-state index in [4.69, 9.17) is 10.3 Å². The molecular weight excluding hydrogens is 196 g/mol. The van der Waals surface area contributed by atoms with Gasteiger partial charge in [0.05, 0.1) is 6.04 Å². The predicted molar refractivity (Wildman–Crippen MR) is 55.2 cm³/mol. The van der Waals surface area contributed by atoms with Gasteiger partial charge in [-0.1, -0.05) is 24.7 Å². The van der Waals surface area contributed by atoms with Crippen molar-refractivity contribution in [1.82, 2.24) is 4.90 Å². The monoisotopic (exact) mass is 210 g/mol. The highest BCUT2D eigenvalue weighted by atomic mass is 16.6. The average Bonchev–Trinajstić information content (AvgIpc) is 2.58. The van der Waals surface area contributed by atoms with Crippen LogP contribution in [0.1, 0.15) is 6.92 Å². The van der Waals surface area contributed by atoms with Crippen molar-refractivity contribution in [3.8, 4) is 0 Å². The third kappa shape index (κ3) is 2.89. The third-order valence-electron chi connectivity index (χ3n) is 2.36. The third-order valence-corrected chi connectivity index (χ3v) is 2.36. The highest BCUT2D eigenvalue weighted by molar-refractivity contribution is 5.68. The Morgan fingerprint density at radius 1 is 1.80 bits per heavy atom. The van der Waals surface area contributed by atoms with Crippen LogP contribution >= 0.6 is 0 Å². The van der Waals surface area contributed by atoms with Crippen molar-refractivity contribution < 1.29 is 9.53 Å². The van der Waals surface area contributed by atoms with Crippen molar-refractivity contribution >= 4 is 6.09 Å². The fraction of sp³-hybridized carbons (Fsp3) is 0.667. The van der Waals surface area contributed by atoms with Gasteiger partial charge < -0.3 is 9.64 Å². The Morgan fingerprint density at radius 2 is 2.53 bits per heavy atom. The minimum Gasteiger partial charge on any atom is -0.445 e. The predicted octanol–water partition coefficient (Wildman–Crippen LogP) is 1.94. The molecule has 2 atom stereocenters. The van der Waals surface area contributed by atoms with Gasteiger partial charge in [-0.25, -0.2) is 4.79 Å². The first-order valence-electron chi connectivity index (χ1n) is 4.75. The summed E-state index contributed by atoms with van der Waals surface area (Å²) in [7, 11) is 0. The minimum atomic E-state index is -0.377. The molecule has 1 saturated heterocycles. The molecule has 1 fully saturated rings. The smallest absolute Gasteiger partial charge is 0.410 e. The highest BCUT2D eigenvalue weighted by Crippen LogP contribution is 2.20. The molecule has 0 unspecified atom stereocenters. The minimum absolute atomic E-state index is 0.147. The number of hydrogen-bond donors (Lipinski definition) is 0. The summed E-state index contributed by atoms with van der Waals surface area (Å²) in [4.78, 5) is 15.7. The van der Waals surface area contributed by atoms with Gasteiger partial charge in [0.1, 0.15) is 6.61 Å². The topological polar surface area (TPSA) is 78.3 Å². The van der Waals surface area contributed by atoms with Gasteiger partial charge in [0.15, 0.2) is 0 Å². The van der Waals surface area contributed by atoms with E-state index in [1.165, 1.54) is 6.08 Å². The maximum atomic E-state index is 11.4. The SMILES string of the molecule is C=CCOC(=O)N1C[C@@H](C)[C@@H](N=[N+]=[N-])C1. The molecule has 1 amide bonds. The Kier molecular flexibility index (Phi) is 4.00. The van der Waals surface area contributed by atoms with Crippen molar-refractivity contribution in [2.24, 2.45) is 11.0 Å². The Morgan fingerprint density at radius 3 is 3.13 bits per heavy atom. The largest absolute Gasteiger partial charge is 0.445 e. The Labute approximate surface area is 88.1 Å². The Hall–Kier alpha value is -1.68. The van der Waals surface area contributed by atoms with Crippen LogP contribution in [0.5, 0.6) is 0 Å². The standard InChI is InChI=1S/C9H14N4O2/c1-3-4-15-9(14)13-5-7(2)8(6-13)11-12-10/h3,7-8H,1,4-6H2,2H3/t7-,8+/m1/s1. The summed E-state index contributed by atoms with van der Waals surface area (Å²) in [5.74, 6) is 0.178. The molecule has 1 aliphatic rings. The van der Waals surface area contributed by atoms with Crippen LogP contribution in [-0.4, -0.2) is 36.7 Å². The van der Waals surface area contributed by atoms with Gasteiger partial charge in [0.25, 0.3) is 0 Å². The van der Waals surface area contributed by atoms with Crippen LogP contribution in [0.25, 0.3) is 10.4 Å².